The van der Waals surface area contributed by atoms with Crippen molar-refractivity contribution in [2.45, 2.75) is 53.6 Å². The lowest BCUT2D eigenvalue weighted by Crippen LogP contribution is -2.26. The number of ketones is 1. The van der Waals surface area contributed by atoms with Crippen LogP contribution in [0.3, 0.4) is 0 Å². The molecule has 24 heavy (non-hydrogen) atoms. The number of amides is 1. The van der Waals surface area contributed by atoms with Crippen molar-refractivity contribution in [2.75, 3.05) is 0 Å². The van der Waals surface area contributed by atoms with E-state index in [2.05, 4.69) is 20.4 Å². The molecule has 0 aliphatic carbocycles. The van der Waals surface area contributed by atoms with Gasteiger partial charge < -0.3 is 5.32 Å². The summed E-state index contributed by atoms with van der Waals surface area (Å²) >= 11 is 0. The molecule has 0 bridgehead atoms. The largest absolute Gasteiger partial charge is 0.350 e. The number of hydrogen-bond acceptors (Lipinski definition) is 5. The first-order valence-electron chi connectivity index (χ1n) is 7.90. The van der Waals surface area contributed by atoms with Crippen LogP contribution >= 0.6 is 0 Å². The quantitative estimate of drug-likeness (QED) is 0.819. The first kappa shape index (κ1) is 17.8. The molecule has 0 radical (unpaired) electrons. The van der Waals surface area contributed by atoms with Crippen LogP contribution in [0.25, 0.3) is 0 Å². The second-order valence-electron chi connectivity index (χ2n) is 6.03. The molecular formula is C17H23N5O2. The molecule has 0 spiro atoms. The normalized spacial score (nSPS) is 12.0. The highest BCUT2D eigenvalue weighted by atomic mass is 16.1. The van der Waals surface area contributed by atoms with Crippen LogP contribution < -0.4 is 5.32 Å². The van der Waals surface area contributed by atoms with Crippen molar-refractivity contribution in [3.8, 4) is 0 Å². The topological polar surface area (TPSA) is 89.8 Å². The van der Waals surface area contributed by atoms with Gasteiger partial charge in [-0.15, -0.1) is 0 Å². The first-order chi connectivity index (χ1) is 11.3. The van der Waals surface area contributed by atoms with Gasteiger partial charge in [0, 0.05) is 18.3 Å². The van der Waals surface area contributed by atoms with Gasteiger partial charge in [-0.1, -0.05) is 0 Å². The lowest BCUT2D eigenvalue weighted by atomic mass is 10.1. The molecule has 2 aromatic rings. The van der Waals surface area contributed by atoms with Gasteiger partial charge in [0.1, 0.15) is 0 Å². The molecule has 2 heterocycles. The van der Waals surface area contributed by atoms with Crippen molar-refractivity contribution >= 4 is 11.7 Å². The summed E-state index contributed by atoms with van der Waals surface area (Å²) in [6, 6.07) is -0.138. The third kappa shape index (κ3) is 4.04. The van der Waals surface area contributed by atoms with Gasteiger partial charge in [0.2, 0.25) is 5.91 Å². The van der Waals surface area contributed by atoms with Gasteiger partial charge in [-0.05, 0) is 34.6 Å². The monoisotopic (exact) mass is 329 g/mol. The molecule has 2 rings (SSSR count). The van der Waals surface area contributed by atoms with E-state index >= 15 is 0 Å². The van der Waals surface area contributed by atoms with Crippen LogP contribution in [0.4, 0.5) is 0 Å². The van der Waals surface area contributed by atoms with Crippen LogP contribution in [-0.4, -0.2) is 31.4 Å². The Kier molecular flexibility index (Phi) is 5.43. The summed E-state index contributed by atoms with van der Waals surface area (Å²) < 4.78 is 1.75. The number of hydrogen-bond donors (Lipinski definition) is 1. The molecule has 0 saturated heterocycles. The highest BCUT2D eigenvalue weighted by Crippen LogP contribution is 2.19. The van der Waals surface area contributed by atoms with Crippen molar-refractivity contribution in [1.29, 1.82) is 0 Å². The number of aryl methyl sites for hydroxylation is 2. The summed E-state index contributed by atoms with van der Waals surface area (Å²) in [6.45, 7) is 9.31. The maximum absolute atomic E-state index is 12.1. The summed E-state index contributed by atoms with van der Waals surface area (Å²) in [4.78, 5) is 32.2. The molecule has 2 aromatic heterocycles. The lowest BCUT2D eigenvalue weighted by molar-refractivity contribution is -0.122. The number of nitrogens with one attached hydrogen (secondary N) is 1. The maximum atomic E-state index is 12.1. The van der Waals surface area contributed by atoms with E-state index in [-0.39, 0.29) is 24.2 Å². The van der Waals surface area contributed by atoms with E-state index in [0.717, 1.165) is 11.4 Å². The number of nitrogens with zero attached hydrogens (tertiary/aromatic N) is 4. The number of Topliss-reactive ketones (excluding diaryl/α,β-unsaturated/α-hetero) is 1. The molecular weight excluding hydrogens is 306 g/mol. The SMILES string of the molecule is CC(=O)c1c(C)nn([C@H](C)CC(=O)NCc2cnc(C)cn2)c1C. The molecule has 0 aromatic carbocycles. The minimum absolute atomic E-state index is 0.00848. The smallest absolute Gasteiger partial charge is 0.222 e. The van der Waals surface area contributed by atoms with E-state index in [1.807, 2.05) is 27.7 Å². The highest BCUT2D eigenvalue weighted by Gasteiger charge is 2.20. The Hall–Kier alpha value is -2.57. The summed E-state index contributed by atoms with van der Waals surface area (Å²) in [5.74, 6) is -0.104. The van der Waals surface area contributed by atoms with Crippen LogP contribution in [0.1, 0.15) is 59.4 Å². The highest BCUT2D eigenvalue weighted by molar-refractivity contribution is 5.96. The molecule has 1 N–H and O–H groups in total. The molecule has 1 atom stereocenters. The molecule has 0 saturated carbocycles. The standard InChI is InChI=1S/C17H23N5O2/c1-10-7-19-15(8-18-10)9-20-16(24)6-11(2)22-13(4)17(14(5)23)12(3)21-22/h7-8,11H,6,9H2,1-5H3,(H,20,24)/t11-/m1/s1. The maximum Gasteiger partial charge on any atom is 0.222 e. The Bertz CT molecular complexity index is 749. The Balaban J connectivity index is 1.98. The van der Waals surface area contributed by atoms with Crippen LogP contribution in [-0.2, 0) is 11.3 Å². The lowest BCUT2D eigenvalue weighted by Gasteiger charge is -2.14. The van der Waals surface area contributed by atoms with Crippen LogP contribution in [0.5, 0.6) is 0 Å². The summed E-state index contributed by atoms with van der Waals surface area (Å²) in [7, 11) is 0. The summed E-state index contributed by atoms with van der Waals surface area (Å²) in [5, 5.41) is 7.24. The summed E-state index contributed by atoms with van der Waals surface area (Å²) in [5.41, 5.74) is 3.68. The molecule has 0 unspecified atom stereocenters. The Labute approximate surface area is 141 Å². The van der Waals surface area contributed by atoms with Crippen molar-refractivity contribution in [2.24, 2.45) is 0 Å². The van der Waals surface area contributed by atoms with E-state index in [1.165, 1.54) is 6.92 Å². The number of rotatable bonds is 6. The Morgan fingerprint density at radius 1 is 1.21 bits per heavy atom. The van der Waals surface area contributed by atoms with Crippen LogP contribution in [0, 0.1) is 20.8 Å². The van der Waals surface area contributed by atoms with Gasteiger partial charge in [0.15, 0.2) is 5.78 Å². The Morgan fingerprint density at radius 3 is 2.46 bits per heavy atom. The fourth-order valence-electron chi connectivity index (χ4n) is 2.73. The van der Waals surface area contributed by atoms with Crippen LogP contribution in [0.15, 0.2) is 12.4 Å². The third-order valence-corrected chi connectivity index (χ3v) is 3.88. The molecule has 0 aliphatic heterocycles. The predicted molar refractivity (Wildman–Crippen MR) is 89.6 cm³/mol. The van der Waals surface area contributed by atoms with Gasteiger partial charge in [-0.25, -0.2) is 0 Å². The molecule has 0 fully saturated rings. The molecule has 128 valence electrons. The van der Waals surface area contributed by atoms with Crippen molar-refractivity contribution in [3.63, 3.8) is 0 Å². The predicted octanol–water partition coefficient (Wildman–Crippen LogP) is 2.07. The average molecular weight is 329 g/mol. The molecule has 1 amide bonds. The third-order valence-electron chi connectivity index (χ3n) is 3.88. The number of carbonyl (C=O) groups excluding carboxylic acids is 2. The van der Waals surface area contributed by atoms with Crippen LogP contribution in [0.2, 0.25) is 0 Å². The van der Waals surface area contributed by atoms with E-state index in [0.29, 0.717) is 23.5 Å². The van der Waals surface area contributed by atoms with Gasteiger partial charge in [-0.3, -0.25) is 24.2 Å². The van der Waals surface area contributed by atoms with Gasteiger partial charge in [-0.2, -0.15) is 5.10 Å². The number of carbonyl (C=O) groups is 2. The average Bonchev–Trinajstić information content (AvgIpc) is 2.81. The minimum Gasteiger partial charge on any atom is -0.350 e. The second-order valence-corrected chi connectivity index (χ2v) is 6.03. The van der Waals surface area contributed by atoms with Gasteiger partial charge >= 0.3 is 0 Å². The fourth-order valence-corrected chi connectivity index (χ4v) is 2.73. The zero-order valence-electron chi connectivity index (χ0n) is 14.8. The van der Waals surface area contributed by atoms with Crippen molar-refractivity contribution in [1.82, 2.24) is 25.1 Å². The summed E-state index contributed by atoms with van der Waals surface area (Å²) in [6.07, 6.45) is 3.60. The zero-order valence-corrected chi connectivity index (χ0v) is 14.8. The van der Waals surface area contributed by atoms with E-state index in [9.17, 15) is 9.59 Å². The fraction of sp³-hybridized carbons (Fsp3) is 0.471. The van der Waals surface area contributed by atoms with Gasteiger partial charge in [0.25, 0.3) is 0 Å². The van der Waals surface area contributed by atoms with Crippen molar-refractivity contribution < 1.29 is 9.59 Å². The van der Waals surface area contributed by atoms with E-state index < -0.39 is 0 Å². The van der Waals surface area contributed by atoms with E-state index in [1.54, 1.807) is 17.1 Å². The molecule has 0 aliphatic rings. The molecule has 7 nitrogen and oxygen atoms in total. The van der Waals surface area contributed by atoms with Gasteiger partial charge in [0.05, 0.1) is 41.4 Å². The number of aromatic nitrogens is 4. The zero-order chi connectivity index (χ0) is 17.9. The molecule has 7 heteroatoms. The van der Waals surface area contributed by atoms with Crippen molar-refractivity contribution in [3.05, 3.63) is 40.7 Å². The minimum atomic E-state index is -0.138. The first-order valence-corrected chi connectivity index (χ1v) is 7.90. The Morgan fingerprint density at radius 2 is 1.92 bits per heavy atom. The second kappa shape index (κ2) is 7.33. The van der Waals surface area contributed by atoms with E-state index in [4.69, 9.17) is 0 Å².